The Balaban J connectivity index is 1.98. The van der Waals surface area contributed by atoms with Gasteiger partial charge in [0.1, 0.15) is 11.6 Å². The maximum Gasteiger partial charge on any atom is 0.149 e. The van der Waals surface area contributed by atoms with Crippen LogP contribution in [-0.4, -0.2) is 17.2 Å². The molecule has 0 saturated heterocycles. The molecule has 0 fully saturated rings. The Bertz CT molecular complexity index is 642. The van der Waals surface area contributed by atoms with Gasteiger partial charge in [-0.15, -0.1) is 0 Å². The van der Waals surface area contributed by atoms with Gasteiger partial charge in [0.05, 0.1) is 6.04 Å². The zero-order valence-electron chi connectivity index (χ0n) is 11.6. The number of hydrogen-bond donors (Lipinski definition) is 1. The predicted octanol–water partition coefficient (Wildman–Crippen LogP) is 2.88. The molecule has 1 aliphatic rings. The van der Waals surface area contributed by atoms with Gasteiger partial charge in [-0.1, -0.05) is 24.3 Å². The Morgan fingerprint density at radius 1 is 1.19 bits per heavy atom. The van der Waals surface area contributed by atoms with Crippen LogP contribution in [0.2, 0.25) is 0 Å². The summed E-state index contributed by atoms with van der Waals surface area (Å²) in [5.74, 6) is 0.505. The summed E-state index contributed by atoms with van der Waals surface area (Å²) in [5, 5.41) is 6.38. The summed E-state index contributed by atoms with van der Waals surface area (Å²) in [4.78, 5) is 4.33. The molecular formula is C16H17FN4. The SMILES string of the molecule is NCCC1=NN(c2ccccn2)C(c2ccccc2F)C1. The summed E-state index contributed by atoms with van der Waals surface area (Å²) in [6.07, 6.45) is 3.10. The first-order valence-corrected chi connectivity index (χ1v) is 7.00. The number of halogens is 1. The molecule has 2 N–H and O–H groups in total. The average molecular weight is 284 g/mol. The maximum absolute atomic E-state index is 14.1. The molecule has 5 heteroatoms. The van der Waals surface area contributed by atoms with Gasteiger partial charge in [-0.05, 0) is 31.2 Å². The van der Waals surface area contributed by atoms with Crippen LogP contribution < -0.4 is 10.7 Å². The fraction of sp³-hybridized carbons (Fsp3) is 0.250. The number of aromatic nitrogens is 1. The van der Waals surface area contributed by atoms with Gasteiger partial charge in [0.15, 0.2) is 0 Å². The van der Waals surface area contributed by atoms with E-state index in [-0.39, 0.29) is 11.9 Å². The van der Waals surface area contributed by atoms with Crippen LogP contribution in [-0.2, 0) is 0 Å². The number of hydrogen-bond acceptors (Lipinski definition) is 4. The molecule has 2 aromatic rings. The Morgan fingerprint density at radius 3 is 2.71 bits per heavy atom. The molecule has 4 nitrogen and oxygen atoms in total. The molecule has 0 radical (unpaired) electrons. The van der Waals surface area contributed by atoms with E-state index in [1.54, 1.807) is 23.3 Å². The quantitative estimate of drug-likeness (QED) is 0.939. The van der Waals surface area contributed by atoms with Gasteiger partial charge >= 0.3 is 0 Å². The molecule has 0 spiro atoms. The lowest BCUT2D eigenvalue weighted by Gasteiger charge is -2.23. The second-order valence-electron chi connectivity index (χ2n) is 4.98. The third kappa shape index (κ3) is 2.78. The van der Waals surface area contributed by atoms with Crippen molar-refractivity contribution in [3.05, 3.63) is 60.0 Å². The van der Waals surface area contributed by atoms with Crippen molar-refractivity contribution in [2.45, 2.75) is 18.9 Å². The summed E-state index contributed by atoms with van der Waals surface area (Å²) in [5.41, 5.74) is 7.24. The molecule has 1 aromatic heterocycles. The van der Waals surface area contributed by atoms with Crippen molar-refractivity contribution in [1.29, 1.82) is 0 Å². The van der Waals surface area contributed by atoms with Crippen molar-refractivity contribution in [2.24, 2.45) is 10.8 Å². The highest BCUT2D eigenvalue weighted by Crippen LogP contribution is 2.35. The van der Waals surface area contributed by atoms with E-state index < -0.39 is 0 Å². The highest BCUT2D eigenvalue weighted by atomic mass is 19.1. The minimum atomic E-state index is -0.215. The van der Waals surface area contributed by atoms with E-state index in [0.717, 1.165) is 11.5 Å². The Kier molecular flexibility index (Phi) is 3.92. The van der Waals surface area contributed by atoms with Gasteiger partial charge in [0.2, 0.25) is 0 Å². The van der Waals surface area contributed by atoms with E-state index >= 15 is 0 Å². The first-order chi connectivity index (χ1) is 10.3. The zero-order valence-corrected chi connectivity index (χ0v) is 11.6. The molecule has 0 amide bonds. The van der Waals surface area contributed by atoms with Crippen LogP contribution in [0.3, 0.4) is 0 Å². The number of rotatable bonds is 4. The van der Waals surface area contributed by atoms with E-state index in [0.29, 0.717) is 24.9 Å². The third-order valence-corrected chi connectivity index (χ3v) is 3.55. The van der Waals surface area contributed by atoms with Crippen LogP contribution in [0.5, 0.6) is 0 Å². The lowest BCUT2D eigenvalue weighted by molar-refractivity contribution is 0.577. The monoisotopic (exact) mass is 284 g/mol. The Morgan fingerprint density at radius 2 is 2.00 bits per heavy atom. The van der Waals surface area contributed by atoms with Crippen LogP contribution in [0.1, 0.15) is 24.4 Å². The van der Waals surface area contributed by atoms with Crippen LogP contribution in [0.25, 0.3) is 0 Å². The van der Waals surface area contributed by atoms with E-state index in [2.05, 4.69) is 10.1 Å². The van der Waals surface area contributed by atoms with E-state index in [4.69, 9.17) is 5.73 Å². The summed E-state index contributed by atoms with van der Waals surface area (Å²) in [6.45, 7) is 0.541. The van der Waals surface area contributed by atoms with Crippen molar-refractivity contribution in [2.75, 3.05) is 11.6 Å². The Hall–Kier alpha value is -2.27. The van der Waals surface area contributed by atoms with Crippen molar-refractivity contribution in [3.63, 3.8) is 0 Å². The summed E-state index contributed by atoms with van der Waals surface area (Å²) in [7, 11) is 0. The summed E-state index contributed by atoms with van der Waals surface area (Å²) >= 11 is 0. The van der Waals surface area contributed by atoms with Crippen molar-refractivity contribution >= 4 is 11.5 Å². The minimum Gasteiger partial charge on any atom is -0.330 e. The molecule has 1 aliphatic heterocycles. The molecule has 1 unspecified atom stereocenters. The topological polar surface area (TPSA) is 54.5 Å². The lowest BCUT2D eigenvalue weighted by Crippen LogP contribution is -2.20. The van der Waals surface area contributed by atoms with Gasteiger partial charge in [-0.3, -0.25) is 0 Å². The fourth-order valence-corrected chi connectivity index (χ4v) is 2.58. The molecule has 3 rings (SSSR count). The van der Waals surface area contributed by atoms with Gasteiger partial charge in [0, 0.05) is 23.9 Å². The highest BCUT2D eigenvalue weighted by Gasteiger charge is 2.31. The van der Waals surface area contributed by atoms with Crippen LogP contribution in [0, 0.1) is 5.82 Å². The molecule has 0 bridgehead atoms. The number of hydrazone groups is 1. The molecular weight excluding hydrogens is 267 g/mol. The number of pyridine rings is 1. The standard InChI is InChI=1S/C16H17FN4/c17-14-6-2-1-5-13(14)15-11-12(8-9-18)20-21(15)16-7-3-4-10-19-16/h1-7,10,15H,8-9,11,18H2. The highest BCUT2D eigenvalue weighted by molar-refractivity contribution is 5.88. The first-order valence-electron chi connectivity index (χ1n) is 7.00. The molecule has 0 saturated carbocycles. The second-order valence-corrected chi connectivity index (χ2v) is 4.98. The predicted molar refractivity (Wildman–Crippen MR) is 81.6 cm³/mol. The second kappa shape index (κ2) is 6.01. The largest absolute Gasteiger partial charge is 0.330 e. The fourth-order valence-electron chi connectivity index (χ4n) is 2.58. The van der Waals surface area contributed by atoms with Crippen molar-refractivity contribution < 1.29 is 4.39 Å². The average Bonchev–Trinajstić information content (AvgIpc) is 2.93. The van der Waals surface area contributed by atoms with Gasteiger partial charge in [0.25, 0.3) is 0 Å². The number of benzene rings is 1. The third-order valence-electron chi connectivity index (χ3n) is 3.55. The minimum absolute atomic E-state index is 0.164. The van der Waals surface area contributed by atoms with E-state index in [9.17, 15) is 4.39 Å². The number of nitrogens with two attached hydrogens (primary N) is 1. The summed E-state index contributed by atoms with van der Waals surface area (Å²) < 4.78 is 14.1. The molecule has 21 heavy (non-hydrogen) atoms. The van der Waals surface area contributed by atoms with Crippen LogP contribution in [0.15, 0.2) is 53.8 Å². The van der Waals surface area contributed by atoms with E-state index in [1.807, 2.05) is 24.3 Å². The van der Waals surface area contributed by atoms with Crippen LogP contribution in [0.4, 0.5) is 10.2 Å². The molecule has 0 aliphatic carbocycles. The zero-order chi connectivity index (χ0) is 14.7. The molecule has 108 valence electrons. The molecule has 2 heterocycles. The first kappa shape index (κ1) is 13.7. The molecule has 1 atom stereocenters. The molecule has 1 aromatic carbocycles. The van der Waals surface area contributed by atoms with Crippen molar-refractivity contribution in [1.82, 2.24) is 4.98 Å². The van der Waals surface area contributed by atoms with Crippen LogP contribution >= 0.6 is 0 Å². The van der Waals surface area contributed by atoms with Crippen molar-refractivity contribution in [3.8, 4) is 0 Å². The van der Waals surface area contributed by atoms with Gasteiger partial charge in [-0.25, -0.2) is 14.4 Å². The van der Waals surface area contributed by atoms with Gasteiger partial charge in [-0.2, -0.15) is 5.10 Å². The van der Waals surface area contributed by atoms with Gasteiger partial charge < -0.3 is 5.73 Å². The number of nitrogens with zero attached hydrogens (tertiary/aromatic N) is 3. The maximum atomic E-state index is 14.1. The smallest absolute Gasteiger partial charge is 0.149 e. The summed E-state index contributed by atoms with van der Waals surface area (Å²) in [6, 6.07) is 12.3. The normalized spacial score (nSPS) is 17.9. The Labute approximate surface area is 123 Å². The van der Waals surface area contributed by atoms with E-state index in [1.165, 1.54) is 6.07 Å². The lowest BCUT2D eigenvalue weighted by atomic mass is 10.00. The number of anilines is 1.